The molecule has 1 aliphatic heterocycles. The van der Waals surface area contributed by atoms with Crippen LogP contribution in [0.25, 0.3) is 0 Å². The van der Waals surface area contributed by atoms with Gasteiger partial charge in [0.2, 0.25) is 11.8 Å². The van der Waals surface area contributed by atoms with Crippen LogP contribution >= 0.6 is 11.6 Å². The van der Waals surface area contributed by atoms with Gasteiger partial charge < -0.3 is 19.7 Å². The fourth-order valence-corrected chi connectivity index (χ4v) is 5.87. The summed E-state index contributed by atoms with van der Waals surface area (Å²) in [5, 5.41) is 3.18. The number of benzene rings is 3. The zero-order chi connectivity index (χ0) is 29.7. The molecule has 4 rings (SSSR count). The Morgan fingerprint density at radius 3 is 2.29 bits per heavy atom. The van der Waals surface area contributed by atoms with Crippen molar-refractivity contribution >= 4 is 39.1 Å². The highest BCUT2D eigenvalue weighted by molar-refractivity contribution is 7.92. The van der Waals surface area contributed by atoms with Crippen LogP contribution in [-0.2, 0) is 26.2 Å². The third-order valence-electron chi connectivity index (χ3n) is 6.39. The van der Waals surface area contributed by atoms with Gasteiger partial charge in [0.25, 0.3) is 10.0 Å². The van der Waals surface area contributed by atoms with Gasteiger partial charge in [-0.2, -0.15) is 0 Å². The van der Waals surface area contributed by atoms with E-state index in [1.165, 1.54) is 35.2 Å². The molecule has 0 fully saturated rings. The van der Waals surface area contributed by atoms with Crippen LogP contribution in [0.15, 0.2) is 71.6 Å². The first-order chi connectivity index (χ1) is 19.5. The van der Waals surface area contributed by atoms with E-state index in [2.05, 4.69) is 5.32 Å². The quantitative estimate of drug-likeness (QED) is 0.369. The topological polar surface area (TPSA) is 105 Å². The molecule has 0 aliphatic carbocycles. The van der Waals surface area contributed by atoms with Crippen molar-refractivity contribution < 1.29 is 31.9 Å². The van der Waals surface area contributed by atoms with E-state index in [1.807, 2.05) is 0 Å². The van der Waals surface area contributed by atoms with Gasteiger partial charge in [-0.15, -0.1) is 0 Å². The lowest BCUT2D eigenvalue weighted by Crippen LogP contribution is -2.52. The summed E-state index contributed by atoms with van der Waals surface area (Å²) in [6, 6.07) is 14.6. The van der Waals surface area contributed by atoms with Crippen LogP contribution in [0.4, 0.5) is 10.1 Å². The molecule has 1 N–H and O–H groups in total. The zero-order valence-corrected chi connectivity index (χ0v) is 24.4. The molecule has 0 radical (unpaired) electrons. The molecular formula is C29H31ClFN3O6S. The zero-order valence-electron chi connectivity index (χ0n) is 22.8. The van der Waals surface area contributed by atoms with E-state index in [-0.39, 0.29) is 35.5 Å². The molecule has 218 valence electrons. The third kappa shape index (κ3) is 7.09. The molecule has 9 nitrogen and oxygen atoms in total. The minimum atomic E-state index is -4.37. The molecule has 41 heavy (non-hydrogen) atoms. The van der Waals surface area contributed by atoms with Crippen LogP contribution in [0.1, 0.15) is 26.3 Å². The van der Waals surface area contributed by atoms with E-state index in [0.717, 1.165) is 16.4 Å². The van der Waals surface area contributed by atoms with Crippen LogP contribution in [-0.4, -0.2) is 57.0 Å². The van der Waals surface area contributed by atoms with Crippen molar-refractivity contribution in [1.82, 2.24) is 10.2 Å². The first-order valence-corrected chi connectivity index (χ1v) is 14.8. The predicted molar refractivity (Wildman–Crippen MR) is 153 cm³/mol. The first kappa shape index (κ1) is 30.1. The number of rotatable bonds is 10. The van der Waals surface area contributed by atoms with Crippen LogP contribution < -0.4 is 19.1 Å². The number of carbonyl (C=O) groups excluding carboxylic acids is 2. The third-order valence-corrected chi connectivity index (χ3v) is 8.53. The summed E-state index contributed by atoms with van der Waals surface area (Å²) >= 11 is 6.37. The van der Waals surface area contributed by atoms with Crippen LogP contribution in [0.5, 0.6) is 11.5 Å². The number of hydrogen-bond donors (Lipinski definition) is 1. The maximum Gasteiger partial charge on any atom is 0.264 e. The number of ether oxygens (including phenoxy) is 2. The van der Waals surface area contributed by atoms with Crippen molar-refractivity contribution in [3.05, 3.63) is 83.1 Å². The van der Waals surface area contributed by atoms with Gasteiger partial charge >= 0.3 is 0 Å². The summed E-state index contributed by atoms with van der Waals surface area (Å²) in [4.78, 5) is 28.0. The van der Waals surface area contributed by atoms with Crippen LogP contribution in [0, 0.1) is 5.82 Å². The van der Waals surface area contributed by atoms with Crippen molar-refractivity contribution in [2.75, 3.05) is 24.1 Å². The lowest BCUT2D eigenvalue weighted by molar-refractivity contribution is -0.139. The van der Waals surface area contributed by atoms with Crippen LogP contribution in [0.3, 0.4) is 0 Å². The average Bonchev–Trinajstić information content (AvgIpc) is 2.95. The predicted octanol–water partition coefficient (Wildman–Crippen LogP) is 4.39. The van der Waals surface area contributed by atoms with E-state index in [1.54, 1.807) is 45.0 Å². The van der Waals surface area contributed by atoms with E-state index < -0.39 is 40.2 Å². The summed E-state index contributed by atoms with van der Waals surface area (Å²) in [5.74, 6) is -1.00. The monoisotopic (exact) mass is 603 g/mol. The molecule has 1 unspecified atom stereocenters. The highest BCUT2D eigenvalue weighted by atomic mass is 35.5. The smallest absolute Gasteiger partial charge is 0.264 e. The molecule has 3 aromatic carbocycles. The summed E-state index contributed by atoms with van der Waals surface area (Å²) in [5.41, 5.74) is 0.640. The molecule has 1 heterocycles. The van der Waals surface area contributed by atoms with Crippen molar-refractivity contribution in [3.8, 4) is 11.5 Å². The molecule has 1 aliphatic rings. The minimum absolute atomic E-state index is 0.0491. The Kier molecular flexibility index (Phi) is 9.39. The van der Waals surface area contributed by atoms with E-state index >= 15 is 0 Å². The van der Waals surface area contributed by atoms with Crippen molar-refractivity contribution in [2.45, 2.75) is 44.3 Å². The summed E-state index contributed by atoms with van der Waals surface area (Å²) in [7, 11) is -4.37. The molecule has 1 atom stereocenters. The van der Waals surface area contributed by atoms with Gasteiger partial charge in [-0.25, -0.2) is 12.8 Å². The molecule has 2 amide bonds. The van der Waals surface area contributed by atoms with Crippen molar-refractivity contribution in [1.29, 1.82) is 0 Å². The van der Waals surface area contributed by atoms with E-state index in [4.69, 9.17) is 21.1 Å². The second-order valence-corrected chi connectivity index (χ2v) is 12.0. The number of nitrogens with one attached hydrogen (secondary N) is 1. The van der Waals surface area contributed by atoms with Gasteiger partial charge in [0.1, 0.15) is 31.6 Å². The number of nitrogens with zero attached hydrogens (tertiary/aromatic N) is 2. The Morgan fingerprint density at radius 1 is 0.976 bits per heavy atom. The highest BCUT2D eigenvalue weighted by Crippen LogP contribution is 2.34. The second kappa shape index (κ2) is 12.8. The molecule has 12 heteroatoms. The van der Waals surface area contributed by atoms with Gasteiger partial charge in [-0.05, 0) is 68.8 Å². The number of sulfonamides is 1. The molecule has 0 aromatic heterocycles. The maximum absolute atomic E-state index is 14.0. The first-order valence-electron chi connectivity index (χ1n) is 13.0. The number of fused-ring (bicyclic) bond motifs is 1. The lowest BCUT2D eigenvalue weighted by Gasteiger charge is -2.32. The van der Waals surface area contributed by atoms with Gasteiger partial charge in [-0.1, -0.05) is 29.8 Å². The fourth-order valence-electron chi connectivity index (χ4n) is 4.25. The van der Waals surface area contributed by atoms with E-state index in [9.17, 15) is 22.4 Å². The molecule has 0 spiro atoms. The van der Waals surface area contributed by atoms with Gasteiger partial charge in [0, 0.05) is 23.7 Å². The van der Waals surface area contributed by atoms with Gasteiger partial charge in [0.15, 0.2) is 11.5 Å². The van der Waals surface area contributed by atoms with E-state index in [0.29, 0.717) is 22.9 Å². The number of amides is 2. The molecule has 0 saturated heterocycles. The van der Waals surface area contributed by atoms with Crippen molar-refractivity contribution in [2.24, 2.45) is 0 Å². The Labute approximate surface area is 243 Å². The normalized spacial score (nSPS) is 13.4. The Bertz CT molecular complexity index is 1520. The Balaban J connectivity index is 1.73. The SMILES string of the molecule is CC(C)NC(=O)C(C)N(Cc1ccccc1Cl)C(=O)CN(c1ccc(F)cc1)S(=O)(=O)c1ccc2c(c1)OCCO2. The average molecular weight is 604 g/mol. The Morgan fingerprint density at radius 2 is 1.63 bits per heavy atom. The lowest BCUT2D eigenvalue weighted by atomic mass is 10.1. The largest absolute Gasteiger partial charge is 0.486 e. The van der Waals surface area contributed by atoms with Crippen LogP contribution in [0.2, 0.25) is 5.02 Å². The molecule has 0 saturated carbocycles. The molecule has 3 aromatic rings. The summed E-state index contributed by atoms with van der Waals surface area (Å²) < 4.78 is 53.7. The number of carbonyl (C=O) groups is 2. The Hall–Kier alpha value is -3.83. The molecular weight excluding hydrogens is 573 g/mol. The minimum Gasteiger partial charge on any atom is -0.486 e. The maximum atomic E-state index is 14.0. The van der Waals surface area contributed by atoms with Gasteiger partial charge in [0.05, 0.1) is 10.6 Å². The second-order valence-electron chi connectivity index (χ2n) is 9.75. The number of anilines is 1. The number of halogens is 2. The van der Waals surface area contributed by atoms with Crippen molar-refractivity contribution in [3.63, 3.8) is 0 Å². The summed E-state index contributed by atoms with van der Waals surface area (Å²) in [6.07, 6.45) is 0. The van der Waals surface area contributed by atoms with Gasteiger partial charge in [-0.3, -0.25) is 13.9 Å². The number of hydrogen-bond acceptors (Lipinski definition) is 6. The fraction of sp³-hybridized carbons (Fsp3) is 0.310. The summed E-state index contributed by atoms with van der Waals surface area (Å²) in [6.45, 7) is 5.01. The standard InChI is InChI=1S/C29H31ClFN3O6S/c1-19(2)32-29(36)20(3)33(17-21-6-4-5-7-25(21)30)28(35)18-34(23-10-8-22(31)9-11-23)41(37,38)24-12-13-26-27(16-24)40-15-14-39-26/h4-13,16,19-20H,14-15,17-18H2,1-3H3,(H,32,36). The molecule has 0 bridgehead atoms. The highest BCUT2D eigenvalue weighted by Gasteiger charge is 2.33.